The van der Waals surface area contributed by atoms with E-state index in [-0.39, 0.29) is 5.91 Å². The summed E-state index contributed by atoms with van der Waals surface area (Å²) in [5.41, 5.74) is 3.14. The zero-order valence-corrected chi connectivity index (χ0v) is 11.1. The topological polar surface area (TPSA) is 109 Å². The van der Waals surface area contributed by atoms with E-state index < -0.39 is 6.04 Å². The van der Waals surface area contributed by atoms with Crippen molar-refractivity contribution >= 4 is 23.2 Å². The number of nitrogens with two attached hydrogens (primary N) is 1. The number of aromatic nitrogens is 3. The second-order valence-electron chi connectivity index (χ2n) is 4.93. The number of fused-ring (bicyclic) bond motifs is 1. The summed E-state index contributed by atoms with van der Waals surface area (Å²) in [6.45, 7) is 1.79. The standard InChI is InChI=1S/C12H17N7O/c1-7(12(20)16-8-2-3-8)15-10-11-14-4-5-19(11)6-9(17-10)18-13/h4-8,18H,2-3,13H2,1H3,(H,15,17)(H,16,20). The number of carbonyl (C=O) groups excluding carboxylic acids is 1. The minimum atomic E-state index is -0.392. The molecule has 0 bridgehead atoms. The van der Waals surface area contributed by atoms with E-state index >= 15 is 0 Å². The maximum Gasteiger partial charge on any atom is 0.242 e. The van der Waals surface area contributed by atoms with Gasteiger partial charge in [0.1, 0.15) is 6.04 Å². The Bertz CT molecular complexity index is 634. The summed E-state index contributed by atoms with van der Waals surface area (Å²) < 4.78 is 1.79. The fraction of sp³-hybridized carbons (Fsp3) is 0.417. The average molecular weight is 275 g/mol. The number of imidazole rings is 1. The molecular weight excluding hydrogens is 258 g/mol. The van der Waals surface area contributed by atoms with Gasteiger partial charge in [0.2, 0.25) is 5.91 Å². The minimum absolute atomic E-state index is 0.0369. The number of anilines is 2. The molecule has 0 saturated heterocycles. The lowest BCUT2D eigenvalue weighted by Crippen LogP contribution is -2.39. The van der Waals surface area contributed by atoms with Crippen LogP contribution in [0.2, 0.25) is 0 Å². The Balaban J connectivity index is 1.81. The normalized spacial score (nSPS) is 15.9. The smallest absolute Gasteiger partial charge is 0.242 e. The molecule has 20 heavy (non-hydrogen) atoms. The summed E-state index contributed by atoms with van der Waals surface area (Å²) >= 11 is 0. The first-order valence-corrected chi connectivity index (χ1v) is 6.54. The van der Waals surface area contributed by atoms with Gasteiger partial charge in [-0.15, -0.1) is 0 Å². The summed E-state index contributed by atoms with van der Waals surface area (Å²) in [6.07, 6.45) is 7.30. The van der Waals surface area contributed by atoms with Crippen LogP contribution in [0.4, 0.5) is 11.6 Å². The summed E-state index contributed by atoms with van der Waals surface area (Å²) in [6, 6.07) is -0.0557. The molecule has 8 nitrogen and oxygen atoms in total. The number of carbonyl (C=O) groups is 1. The highest BCUT2D eigenvalue weighted by atomic mass is 16.2. The molecule has 1 saturated carbocycles. The van der Waals surface area contributed by atoms with Gasteiger partial charge in [-0.3, -0.25) is 4.79 Å². The lowest BCUT2D eigenvalue weighted by Gasteiger charge is -2.15. The van der Waals surface area contributed by atoms with Crippen molar-refractivity contribution in [1.29, 1.82) is 0 Å². The lowest BCUT2D eigenvalue weighted by atomic mass is 10.3. The van der Waals surface area contributed by atoms with Crippen LogP contribution in [-0.2, 0) is 4.79 Å². The zero-order valence-electron chi connectivity index (χ0n) is 11.1. The number of hydrazine groups is 1. The first-order chi connectivity index (χ1) is 9.67. The first-order valence-electron chi connectivity index (χ1n) is 6.54. The predicted octanol–water partition coefficient (Wildman–Crippen LogP) is 0.0939. The number of rotatable bonds is 5. The van der Waals surface area contributed by atoms with Crippen LogP contribution in [0.5, 0.6) is 0 Å². The Morgan fingerprint density at radius 3 is 3.05 bits per heavy atom. The Kier molecular flexibility index (Phi) is 3.15. The van der Waals surface area contributed by atoms with Crippen molar-refractivity contribution < 1.29 is 4.79 Å². The molecule has 1 aliphatic carbocycles. The summed E-state index contributed by atoms with van der Waals surface area (Å²) in [7, 11) is 0. The molecule has 1 atom stereocenters. The third-order valence-electron chi connectivity index (χ3n) is 3.19. The molecule has 3 rings (SSSR count). The van der Waals surface area contributed by atoms with Gasteiger partial charge in [-0.1, -0.05) is 0 Å². The number of hydrogen-bond donors (Lipinski definition) is 4. The van der Waals surface area contributed by atoms with Crippen LogP contribution < -0.4 is 21.9 Å². The molecule has 5 N–H and O–H groups in total. The van der Waals surface area contributed by atoms with Gasteiger partial charge in [0, 0.05) is 18.4 Å². The van der Waals surface area contributed by atoms with E-state index in [1.54, 1.807) is 29.9 Å². The van der Waals surface area contributed by atoms with E-state index in [9.17, 15) is 4.79 Å². The number of amides is 1. The maximum atomic E-state index is 12.0. The number of nitrogen functional groups attached to an aromatic ring is 1. The molecule has 0 radical (unpaired) electrons. The minimum Gasteiger partial charge on any atom is -0.355 e. The monoisotopic (exact) mass is 275 g/mol. The fourth-order valence-electron chi connectivity index (χ4n) is 1.92. The van der Waals surface area contributed by atoms with Crippen LogP contribution in [0.3, 0.4) is 0 Å². The van der Waals surface area contributed by atoms with E-state index in [0.29, 0.717) is 23.3 Å². The highest BCUT2D eigenvalue weighted by Gasteiger charge is 2.26. The molecule has 106 valence electrons. The molecule has 1 unspecified atom stereocenters. The van der Waals surface area contributed by atoms with Crippen LogP contribution in [0.1, 0.15) is 19.8 Å². The van der Waals surface area contributed by atoms with Crippen molar-refractivity contribution in [3.8, 4) is 0 Å². The summed E-state index contributed by atoms with van der Waals surface area (Å²) in [5.74, 6) is 6.36. The molecule has 2 aromatic rings. The highest BCUT2D eigenvalue weighted by Crippen LogP contribution is 2.20. The molecule has 0 spiro atoms. The number of hydrogen-bond acceptors (Lipinski definition) is 6. The molecule has 1 amide bonds. The molecule has 1 fully saturated rings. The van der Waals surface area contributed by atoms with E-state index in [4.69, 9.17) is 5.84 Å². The van der Waals surface area contributed by atoms with E-state index in [2.05, 4.69) is 26.0 Å². The molecule has 1 aliphatic rings. The average Bonchev–Trinajstić information content (AvgIpc) is 3.12. The van der Waals surface area contributed by atoms with Crippen LogP contribution in [0, 0.1) is 0 Å². The second-order valence-corrected chi connectivity index (χ2v) is 4.93. The largest absolute Gasteiger partial charge is 0.355 e. The van der Waals surface area contributed by atoms with Crippen LogP contribution >= 0.6 is 0 Å². The molecule has 2 aromatic heterocycles. The van der Waals surface area contributed by atoms with Crippen molar-refractivity contribution in [2.45, 2.75) is 31.8 Å². The van der Waals surface area contributed by atoms with Crippen LogP contribution in [-0.4, -0.2) is 32.4 Å². The second kappa shape index (κ2) is 4.97. The van der Waals surface area contributed by atoms with E-state index in [0.717, 1.165) is 12.8 Å². The number of nitrogens with one attached hydrogen (secondary N) is 3. The molecular formula is C12H17N7O. The van der Waals surface area contributed by atoms with Gasteiger partial charge in [0.05, 0.1) is 6.20 Å². The van der Waals surface area contributed by atoms with Gasteiger partial charge in [0.25, 0.3) is 0 Å². The highest BCUT2D eigenvalue weighted by molar-refractivity contribution is 5.85. The maximum absolute atomic E-state index is 12.0. The van der Waals surface area contributed by atoms with Gasteiger partial charge in [-0.2, -0.15) is 0 Å². The third kappa shape index (κ3) is 2.50. The van der Waals surface area contributed by atoms with Gasteiger partial charge in [-0.05, 0) is 19.8 Å². The zero-order chi connectivity index (χ0) is 14.1. The van der Waals surface area contributed by atoms with E-state index in [1.807, 2.05) is 0 Å². The van der Waals surface area contributed by atoms with E-state index in [1.165, 1.54) is 0 Å². The molecule has 8 heteroatoms. The number of nitrogens with zero attached hydrogens (tertiary/aromatic N) is 3. The van der Waals surface area contributed by atoms with Crippen molar-refractivity contribution in [3.63, 3.8) is 0 Å². The summed E-state index contributed by atoms with van der Waals surface area (Å²) in [5, 5.41) is 6.02. The van der Waals surface area contributed by atoms with Crippen molar-refractivity contribution in [2.75, 3.05) is 10.7 Å². The molecule has 0 aromatic carbocycles. The van der Waals surface area contributed by atoms with Gasteiger partial charge in [0.15, 0.2) is 17.3 Å². The first kappa shape index (κ1) is 12.7. The third-order valence-corrected chi connectivity index (χ3v) is 3.19. The predicted molar refractivity (Wildman–Crippen MR) is 75.0 cm³/mol. The fourth-order valence-corrected chi connectivity index (χ4v) is 1.92. The molecule has 0 aliphatic heterocycles. The molecule has 2 heterocycles. The van der Waals surface area contributed by atoms with Crippen LogP contribution in [0.25, 0.3) is 5.65 Å². The van der Waals surface area contributed by atoms with Gasteiger partial charge >= 0.3 is 0 Å². The van der Waals surface area contributed by atoms with Crippen molar-refractivity contribution in [2.24, 2.45) is 5.84 Å². The SMILES string of the molecule is CC(Nc1nc(NN)cn2ccnc12)C(=O)NC1CC1. The van der Waals surface area contributed by atoms with Crippen molar-refractivity contribution in [1.82, 2.24) is 19.7 Å². The Hall–Kier alpha value is -2.35. The van der Waals surface area contributed by atoms with Gasteiger partial charge in [-0.25, -0.2) is 15.8 Å². The lowest BCUT2D eigenvalue weighted by molar-refractivity contribution is -0.121. The van der Waals surface area contributed by atoms with Crippen molar-refractivity contribution in [3.05, 3.63) is 18.6 Å². The quantitative estimate of drug-likeness (QED) is 0.455. The van der Waals surface area contributed by atoms with Gasteiger partial charge < -0.3 is 20.5 Å². The Labute approximate surface area is 115 Å². The Morgan fingerprint density at radius 2 is 2.35 bits per heavy atom. The Morgan fingerprint density at radius 1 is 1.55 bits per heavy atom. The summed E-state index contributed by atoms with van der Waals surface area (Å²) in [4.78, 5) is 20.5. The van der Waals surface area contributed by atoms with Crippen LogP contribution in [0.15, 0.2) is 18.6 Å².